The lowest BCUT2D eigenvalue weighted by molar-refractivity contribution is 0.0954. The lowest BCUT2D eigenvalue weighted by Gasteiger charge is -2.04. The maximum absolute atomic E-state index is 11.9. The standard InChI is InChI=1S/C17H11ClN4O3/c18-16-12(8-20-22-17(23)10-2-1-3-19-7-10)4-11-5-14-15(25-9-24-14)6-13(11)21-16/h1-8H,9H2,(H,22,23)/b20-8+. The number of carbonyl (C=O) groups is 1. The highest BCUT2D eigenvalue weighted by atomic mass is 35.5. The molecule has 2 aromatic heterocycles. The first kappa shape index (κ1) is 15.3. The van der Waals surface area contributed by atoms with E-state index >= 15 is 0 Å². The SMILES string of the molecule is O=C(N/N=C/c1cc2cc3c(cc2nc1Cl)OCO3)c1cccnc1. The van der Waals surface area contributed by atoms with Crippen molar-refractivity contribution in [3.05, 3.63) is 59.0 Å². The highest BCUT2D eigenvalue weighted by Crippen LogP contribution is 2.36. The molecule has 124 valence electrons. The number of benzene rings is 1. The topological polar surface area (TPSA) is 85.7 Å². The van der Waals surface area contributed by atoms with E-state index in [0.29, 0.717) is 28.1 Å². The molecule has 0 spiro atoms. The minimum absolute atomic E-state index is 0.189. The number of pyridine rings is 2. The van der Waals surface area contributed by atoms with Crippen LogP contribution in [-0.2, 0) is 0 Å². The summed E-state index contributed by atoms with van der Waals surface area (Å²) in [5.41, 5.74) is 4.09. The zero-order valence-corrected chi connectivity index (χ0v) is 13.5. The Bertz CT molecular complexity index is 992. The molecule has 7 nitrogen and oxygen atoms in total. The maximum atomic E-state index is 11.9. The van der Waals surface area contributed by atoms with Gasteiger partial charge in [-0.2, -0.15) is 5.10 Å². The van der Waals surface area contributed by atoms with E-state index < -0.39 is 0 Å². The van der Waals surface area contributed by atoms with E-state index in [1.165, 1.54) is 12.4 Å². The first-order valence-corrected chi connectivity index (χ1v) is 7.72. The second-order valence-corrected chi connectivity index (χ2v) is 5.57. The second kappa shape index (κ2) is 6.37. The molecule has 1 aromatic carbocycles. The summed E-state index contributed by atoms with van der Waals surface area (Å²) in [5, 5.41) is 5.02. The zero-order valence-electron chi connectivity index (χ0n) is 12.8. The monoisotopic (exact) mass is 354 g/mol. The van der Waals surface area contributed by atoms with Gasteiger partial charge < -0.3 is 9.47 Å². The van der Waals surface area contributed by atoms with Crippen molar-refractivity contribution < 1.29 is 14.3 Å². The van der Waals surface area contributed by atoms with Crippen LogP contribution in [0.2, 0.25) is 5.15 Å². The number of halogens is 1. The molecule has 8 heteroatoms. The molecule has 0 saturated heterocycles. The van der Waals surface area contributed by atoms with Crippen molar-refractivity contribution in [1.29, 1.82) is 0 Å². The van der Waals surface area contributed by atoms with Gasteiger partial charge >= 0.3 is 0 Å². The van der Waals surface area contributed by atoms with E-state index in [-0.39, 0.29) is 17.9 Å². The van der Waals surface area contributed by atoms with E-state index in [1.54, 1.807) is 24.4 Å². The molecule has 0 saturated carbocycles. The number of carbonyl (C=O) groups excluding carboxylic acids is 1. The summed E-state index contributed by atoms with van der Waals surface area (Å²) in [4.78, 5) is 20.1. The van der Waals surface area contributed by atoms with E-state index in [0.717, 1.165) is 5.39 Å². The second-order valence-electron chi connectivity index (χ2n) is 5.21. The molecule has 4 rings (SSSR count). The number of rotatable bonds is 3. The third kappa shape index (κ3) is 3.09. The van der Waals surface area contributed by atoms with Gasteiger partial charge in [0.2, 0.25) is 6.79 Å². The fourth-order valence-corrected chi connectivity index (χ4v) is 2.56. The van der Waals surface area contributed by atoms with Crippen LogP contribution in [-0.4, -0.2) is 28.9 Å². The van der Waals surface area contributed by atoms with Crippen LogP contribution in [0.15, 0.2) is 47.8 Å². The van der Waals surface area contributed by atoms with E-state index in [9.17, 15) is 4.79 Å². The van der Waals surface area contributed by atoms with Gasteiger partial charge in [-0.15, -0.1) is 0 Å². The number of nitrogens with one attached hydrogen (secondary N) is 1. The maximum Gasteiger partial charge on any atom is 0.272 e. The average Bonchev–Trinajstić information content (AvgIpc) is 3.08. The van der Waals surface area contributed by atoms with Gasteiger partial charge in [-0.1, -0.05) is 11.6 Å². The normalized spacial score (nSPS) is 12.7. The fraction of sp³-hybridized carbons (Fsp3) is 0.0588. The van der Waals surface area contributed by atoms with Crippen molar-refractivity contribution in [1.82, 2.24) is 15.4 Å². The molecular formula is C17H11ClN4O3. The largest absolute Gasteiger partial charge is 0.454 e. The van der Waals surface area contributed by atoms with Crippen molar-refractivity contribution in [2.45, 2.75) is 0 Å². The number of hydrogen-bond acceptors (Lipinski definition) is 6. The summed E-state index contributed by atoms with van der Waals surface area (Å²) in [6.45, 7) is 0.189. The Labute approximate surface area is 147 Å². The van der Waals surface area contributed by atoms with Crippen LogP contribution in [0.1, 0.15) is 15.9 Å². The quantitative estimate of drug-likeness (QED) is 0.444. The van der Waals surface area contributed by atoms with Crippen molar-refractivity contribution >= 4 is 34.6 Å². The average molecular weight is 355 g/mol. The lowest BCUT2D eigenvalue weighted by Crippen LogP contribution is -2.17. The molecule has 0 bridgehead atoms. The Morgan fingerprint density at radius 1 is 1.28 bits per heavy atom. The Morgan fingerprint density at radius 3 is 2.92 bits per heavy atom. The van der Waals surface area contributed by atoms with Gasteiger partial charge in [0.25, 0.3) is 5.91 Å². The first-order chi connectivity index (χ1) is 12.2. The number of hydrazone groups is 1. The third-order valence-corrected chi connectivity index (χ3v) is 3.89. The van der Waals surface area contributed by atoms with E-state index in [1.807, 2.05) is 12.1 Å². The smallest absolute Gasteiger partial charge is 0.272 e. The molecule has 25 heavy (non-hydrogen) atoms. The molecule has 1 aliphatic rings. The van der Waals surface area contributed by atoms with Crippen molar-refractivity contribution in [2.24, 2.45) is 5.10 Å². The number of ether oxygens (including phenoxy) is 2. The molecule has 3 aromatic rings. The van der Waals surface area contributed by atoms with Gasteiger partial charge in [-0.25, -0.2) is 10.4 Å². The molecule has 1 amide bonds. The molecule has 1 N–H and O–H groups in total. The lowest BCUT2D eigenvalue weighted by atomic mass is 10.1. The van der Waals surface area contributed by atoms with Gasteiger partial charge in [0.05, 0.1) is 17.3 Å². The van der Waals surface area contributed by atoms with Crippen LogP contribution in [0, 0.1) is 0 Å². The van der Waals surface area contributed by atoms with Gasteiger partial charge in [0.15, 0.2) is 11.5 Å². The van der Waals surface area contributed by atoms with Crippen LogP contribution in [0.25, 0.3) is 10.9 Å². The van der Waals surface area contributed by atoms with Crippen LogP contribution in [0.5, 0.6) is 11.5 Å². The predicted octanol–water partition coefficient (Wildman–Crippen LogP) is 2.78. The zero-order chi connectivity index (χ0) is 17.2. The first-order valence-electron chi connectivity index (χ1n) is 7.34. The Hall–Kier alpha value is -3.19. The van der Waals surface area contributed by atoms with Crippen LogP contribution >= 0.6 is 11.6 Å². The number of hydrogen-bond donors (Lipinski definition) is 1. The van der Waals surface area contributed by atoms with E-state index in [4.69, 9.17) is 21.1 Å². The number of fused-ring (bicyclic) bond motifs is 2. The summed E-state index contributed by atoms with van der Waals surface area (Å²) >= 11 is 6.19. The predicted molar refractivity (Wildman–Crippen MR) is 92.2 cm³/mol. The van der Waals surface area contributed by atoms with Gasteiger partial charge in [-0.05, 0) is 24.3 Å². The van der Waals surface area contributed by atoms with Gasteiger partial charge in [0.1, 0.15) is 5.15 Å². The van der Waals surface area contributed by atoms with E-state index in [2.05, 4.69) is 20.5 Å². The van der Waals surface area contributed by atoms with Crippen LogP contribution in [0.4, 0.5) is 0 Å². The molecule has 0 fully saturated rings. The number of nitrogens with zero attached hydrogens (tertiary/aromatic N) is 3. The molecule has 3 heterocycles. The molecular weight excluding hydrogens is 344 g/mol. The van der Waals surface area contributed by atoms with Crippen molar-refractivity contribution in [3.63, 3.8) is 0 Å². The molecule has 0 unspecified atom stereocenters. The summed E-state index contributed by atoms with van der Waals surface area (Å²) in [7, 11) is 0. The Morgan fingerprint density at radius 2 is 2.12 bits per heavy atom. The third-order valence-electron chi connectivity index (χ3n) is 3.58. The van der Waals surface area contributed by atoms with Crippen molar-refractivity contribution in [2.75, 3.05) is 6.79 Å². The van der Waals surface area contributed by atoms with Gasteiger partial charge in [0, 0.05) is 29.4 Å². The van der Waals surface area contributed by atoms with Crippen molar-refractivity contribution in [3.8, 4) is 11.5 Å². The molecule has 1 aliphatic heterocycles. The Balaban J connectivity index is 1.57. The Kier molecular flexibility index (Phi) is 3.91. The summed E-state index contributed by atoms with van der Waals surface area (Å²) in [6.07, 6.45) is 4.48. The number of aromatic nitrogens is 2. The summed E-state index contributed by atoms with van der Waals surface area (Å²) < 4.78 is 10.7. The minimum atomic E-state index is -0.363. The van der Waals surface area contributed by atoms with Crippen LogP contribution in [0.3, 0.4) is 0 Å². The number of amides is 1. The highest BCUT2D eigenvalue weighted by Gasteiger charge is 2.15. The highest BCUT2D eigenvalue weighted by molar-refractivity contribution is 6.32. The minimum Gasteiger partial charge on any atom is -0.454 e. The molecule has 0 aliphatic carbocycles. The molecule has 0 atom stereocenters. The summed E-state index contributed by atoms with van der Waals surface area (Å²) in [5.74, 6) is 0.934. The molecule has 0 radical (unpaired) electrons. The summed E-state index contributed by atoms with van der Waals surface area (Å²) in [6, 6.07) is 8.73. The van der Waals surface area contributed by atoms with Crippen LogP contribution < -0.4 is 14.9 Å². The fourth-order valence-electron chi connectivity index (χ4n) is 2.37. The van der Waals surface area contributed by atoms with Gasteiger partial charge in [-0.3, -0.25) is 9.78 Å².